The van der Waals surface area contributed by atoms with Crippen molar-refractivity contribution in [3.8, 4) is 0 Å². The van der Waals surface area contributed by atoms with Gasteiger partial charge in [-0.15, -0.1) is 0 Å². The summed E-state index contributed by atoms with van der Waals surface area (Å²) in [7, 11) is 0. The van der Waals surface area contributed by atoms with Crippen LogP contribution < -0.4 is 38.5 Å². The number of rotatable bonds is 17. The first kappa shape index (κ1) is 51.7. The van der Waals surface area contributed by atoms with Crippen molar-refractivity contribution in [1.82, 2.24) is 21.3 Å². The topological polar surface area (TPSA) is 333 Å². The Morgan fingerprint density at radius 3 is 2.16 bits per heavy atom. The fourth-order valence-electron chi connectivity index (χ4n) is 6.99. The Labute approximate surface area is 357 Å². The van der Waals surface area contributed by atoms with Gasteiger partial charge in [0, 0.05) is 58.3 Å². The fourth-order valence-corrected chi connectivity index (χ4v) is 6.99. The molecule has 0 aromatic heterocycles. The van der Waals surface area contributed by atoms with Crippen LogP contribution >= 0.6 is 0 Å². The molecule has 19 heteroatoms. The molecule has 340 valence electrons. The van der Waals surface area contributed by atoms with E-state index in [1.165, 1.54) is 20.8 Å². The molecule has 0 unspecified atom stereocenters. The predicted molar refractivity (Wildman–Crippen MR) is 226 cm³/mol. The number of ketones is 5. The van der Waals surface area contributed by atoms with E-state index in [1.807, 2.05) is 0 Å². The Hall–Kier alpha value is -5.40. The van der Waals surface area contributed by atoms with Crippen molar-refractivity contribution in [2.24, 2.45) is 39.9 Å². The average molecular weight is 861 g/mol. The fraction of sp³-hybridized carbons (Fsp3) is 0.619. The lowest BCUT2D eigenvalue weighted by molar-refractivity contribution is -0.136. The van der Waals surface area contributed by atoms with Crippen LogP contribution in [0.5, 0.6) is 0 Å². The van der Waals surface area contributed by atoms with Crippen LogP contribution in [0.1, 0.15) is 98.4 Å². The van der Waals surface area contributed by atoms with E-state index in [2.05, 4.69) is 26.3 Å². The van der Waals surface area contributed by atoms with Gasteiger partial charge in [0.25, 0.3) is 0 Å². The van der Waals surface area contributed by atoms with Gasteiger partial charge in [-0.05, 0) is 52.0 Å². The molecule has 1 aromatic carbocycles. The molecule has 0 radical (unpaired) electrons. The molecule has 19 nitrogen and oxygen atoms in total. The molecule has 1 aromatic rings. The summed E-state index contributed by atoms with van der Waals surface area (Å²) < 4.78 is 0. The van der Waals surface area contributed by atoms with Gasteiger partial charge >= 0.3 is 0 Å². The van der Waals surface area contributed by atoms with Crippen LogP contribution in [-0.4, -0.2) is 119 Å². The highest BCUT2D eigenvalue weighted by atomic mass is 16.3. The zero-order valence-corrected chi connectivity index (χ0v) is 35.4. The van der Waals surface area contributed by atoms with Crippen molar-refractivity contribution >= 4 is 58.5 Å². The first-order valence-corrected chi connectivity index (χ1v) is 20.7. The number of hydrogen-bond acceptors (Lipinski definition) is 13. The molecule has 12 N–H and O–H groups in total. The highest BCUT2D eigenvalue weighted by Gasteiger charge is 2.34. The molecule has 8 atom stereocenters. The Kier molecular flexibility index (Phi) is 22.7. The first-order valence-electron chi connectivity index (χ1n) is 20.7. The maximum atomic E-state index is 14.0. The summed E-state index contributed by atoms with van der Waals surface area (Å²) in [6, 6.07) is 4.90. The van der Waals surface area contributed by atoms with Gasteiger partial charge in [0.2, 0.25) is 23.6 Å². The number of amides is 4. The van der Waals surface area contributed by atoms with Gasteiger partial charge in [-0.3, -0.25) is 48.1 Å². The molecule has 0 bridgehead atoms. The summed E-state index contributed by atoms with van der Waals surface area (Å²) in [5.41, 5.74) is 17.0. The van der Waals surface area contributed by atoms with Crippen molar-refractivity contribution in [3.05, 3.63) is 35.9 Å². The van der Waals surface area contributed by atoms with Crippen LogP contribution in [0, 0.1) is 17.8 Å². The minimum absolute atomic E-state index is 0. The number of aliphatic hydroxyl groups excluding tert-OH is 2. The van der Waals surface area contributed by atoms with Crippen LogP contribution in [0.3, 0.4) is 0 Å². The number of nitrogens with two attached hydrogens (primary N) is 3. The summed E-state index contributed by atoms with van der Waals surface area (Å²) >= 11 is 0. The molecule has 1 fully saturated rings. The van der Waals surface area contributed by atoms with Crippen LogP contribution in [-0.2, 0) is 49.6 Å². The summed E-state index contributed by atoms with van der Waals surface area (Å²) in [4.78, 5) is 124. The number of Topliss-reactive ketones (excluding diaryl/α,β-unsaturated/α-hetero) is 5. The minimum atomic E-state index is -1.32. The number of carbonyl (C=O) groups is 9. The van der Waals surface area contributed by atoms with Gasteiger partial charge in [-0.25, -0.2) is 0 Å². The first-order chi connectivity index (χ1) is 28.8. The van der Waals surface area contributed by atoms with E-state index in [4.69, 9.17) is 17.2 Å². The number of nitrogens with zero attached hydrogens (tertiary/aromatic N) is 1. The van der Waals surface area contributed by atoms with Crippen molar-refractivity contribution in [3.63, 3.8) is 0 Å². The van der Waals surface area contributed by atoms with Gasteiger partial charge in [0.05, 0.1) is 31.2 Å². The highest BCUT2D eigenvalue weighted by molar-refractivity contribution is 5.97. The highest BCUT2D eigenvalue weighted by Crippen LogP contribution is 2.25. The third-order valence-electron chi connectivity index (χ3n) is 10.6. The van der Waals surface area contributed by atoms with Crippen molar-refractivity contribution in [2.45, 2.75) is 128 Å². The number of benzene rings is 1. The predicted octanol–water partition coefficient (Wildman–Crippen LogP) is -0.942. The Bertz CT molecular complexity index is 1720. The Morgan fingerprint density at radius 2 is 1.56 bits per heavy atom. The molecule has 4 amide bonds. The summed E-state index contributed by atoms with van der Waals surface area (Å²) in [5, 5.41) is 31.4. The van der Waals surface area contributed by atoms with Gasteiger partial charge in [0.15, 0.2) is 11.7 Å². The second kappa shape index (κ2) is 26.7. The van der Waals surface area contributed by atoms with Gasteiger partial charge in [0.1, 0.15) is 41.3 Å². The van der Waals surface area contributed by atoms with Crippen LogP contribution in [0.2, 0.25) is 0 Å². The monoisotopic (exact) mass is 860 g/mol. The molecule has 1 aliphatic rings. The van der Waals surface area contributed by atoms with Crippen LogP contribution in [0.4, 0.5) is 0 Å². The largest absolute Gasteiger partial charge is 0.393 e. The summed E-state index contributed by atoms with van der Waals surface area (Å²) in [6.45, 7) is 3.19. The number of aliphatic hydroxyl groups is 2. The summed E-state index contributed by atoms with van der Waals surface area (Å²) in [5.74, 6) is -8.93. The van der Waals surface area contributed by atoms with Crippen molar-refractivity contribution in [2.75, 3.05) is 19.6 Å². The zero-order valence-electron chi connectivity index (χ0n) is 35.4. The third kappa shape index (κ3) is 19.2. The van der Waals surface area contributed by atoms with Gasteiger partial charge in [-0.2, -0.15) is 0 Å². The second-order valence-corrected chi connectivity index (χ2v) is 15.7. The number of aliphatic imine (C=N–C) groups is 1. The van der Waals surface area contributed by atoms with E-state index in [-0.39, 0.29) is 90.5 Å². The molecular formula is C42H66N8O11. The molecule has 1 aliphatic heterocycles. The lowest BCUT2D eigenvalue weighted by Crippen LogP contribution is -2.57. The smallest absolute Gasteiger partial charge is 0.243 e. The molecule has 0 aliphatic carbocycles. The number of hydrogen-bond donors (Lipinski definition) is 9. The molecule has 1 heterocycles. The maximum absolute atomic E-state index is 14.0. The SMILES string of the molecule is CC(=O)[C@@H](CC(=O)[C@@H]1CCCC[C@H](NC(=O)CCC(=O)CN)C(=O)N[C@@H](CCCN=C(N)N)C(=O)N[C@@H](Cc2ccccc2)C(=O)NCC(=O)C[C@@H]([C@@H](C)O)C(=O)C1)[C@@H](C)O.[3HH]. The molecule has 0 spiro atoms. The Balaban J connectivity index is 0.0000192. The maximum Gasteiger partial charge on any atom is 0.243 e. The minimum Gasteiger partial charge on any atom is -0.393 e. The van der Waals surface area contributed by atoms with E-state index in [0.29, 0.717) is 5.56 Å². The van der Waals surface area contributed by atoms with Crippen molar-refractivity contribution in [1.29, 1.82) is 0 Å². The molecule has 0 saturated carbocycles. The quantitative estimate of drug-likeness (QED) is 0.0519. The van der Waals surface area contributed by atoms with E-state index >= 15 is 0 Å². The van der Waals surface area contributed by atoms with E-state index in [0.717, 1.165) is 0 Å². The van der Waals surface area contributed by atoms with E-state index in [1.54, 1.807) is 30.3 Å². The summed E-state index contributed by atoms with van der Waals surface area (Å²) in [6.07, 6.45) is -3.53. The van der Waals surface area contributed by atoms with Crippen molar-refractivity contribution < 1.29 is 54.8 Å². The number of carbonyl (C=O) groups excluding carboxylic acids is 9. The Morgan fingerprint density at radius 1 is 0.902 bits per heavy atom. The molecule has 2 rings (SSSR count). The van der Waals surface area contributed by atoms with Crippen LogP contribution in [0.15, 0.2) is 35.3 Å². The van der Waals surface area contributed by atoms with Gasteiger partial charge in [-0.1, -0.05) is 43.2 Å². The zero-order chi connectivity index (χ0) is 45.6. The molecular weight excluding hydrogens is 793 g/mol. The molecule has 61 heavy (non-hydrogen) atoms. The van der Waals surface area contributed by atoms with Gasteiger partial charge < -0.3 is 48.7 Å². The second-order valence-electron chi connectivity index (χ2n) is 15.7. The lowest BCUT2D eigenvalue weighted by Gasteiger charge is -2.26. The standard InChI is InChI=1S/C42H64N8O11.H2/c1-24(51)31(25(2)52)21-36(56)28-12-7-8-13-33(48-38(58)16-15-29(54)22-43)40(60)49-34(14-9-17-46-42(44)45)41(61)50-35(18-27-10-5-4-6-11-27)39(59)47-23-30(55)20-32(26(3)53)37(57)19-28;/h4-6,10-11,24,26,28,31-35,51,53H,7-9,12-23,43H2,1-3H3,(H,47,59)(H,48,58)(H,49,60)(H,50,61)(H4,44,45,46);1H/t24-,26-,28-,31+,32+,33+,34+,35+;/m1./s1/i;1+2. The third-order valence-corrected chi connectivity index (χ3v) is 10.6. The van der Waals surface area contributed by atoms with E-state index in [9.17, 15) is 53.4 Å². The number of guanidine groups is 1. The van der Waals surface area contributed by atoms with Crippen LogP contribution in [0.25, 0.3) is 0 Å². The normalized spacial score (nSPS) is 22.9. The number of nitrogens with one attached hydrogen (secondary N) is 4. The average Bonchev–Trinajstić information content (AvgIpc) is 3.20. The lowest BCUT2D eigenvalue weighted by atomic mass is 9.81. The molecule has 1 saturated heterocycles. The van der Waals surface area contributed by atoms with E-state index < -0.39 is 114 Å².